The maximum Gasteiger partial charge on any atom is 0.305 e. The van der Waals surface area contributed by atoms with Crippen LogP contribution in [-0.4, -0.2) is 44.4 Å². The van der Waals surface area contributed by atoms with Crippen molar-refractivity contribution in [3.63, 3.8) is 0 Å². The van der Waals surface area contributed by atoms with Crippen LogP contribution in [0.25, 0.3) is 0 Å². The van der Waals surface area contributed by atoms with Gasteiger partial charge in [-0.3, -0.25) is 19.5 Å². The average Bonchev–Trinajstić information content (AvgIpc) is 2.40. The summed E-state index contributed by atoms with van der Waals surface area (Å²) in [7, 11) is 0. The Bertz CT molecular complexity index is 353. The zero-order valence-electron chi connectivity index (χ0n) is 10.5. The van der Waals surface area contributed by atoms with Gasteiger partial charge in [0.1, 0.15) is 5.25 Å². The highest BCUT2D eigenvalue weighted by Gasteiger charge is 2.40. The van der Waals surface area contributed by atoms with Crippen molar-refractivity contribution in [2.75, 3.05) is 0 Å². The van der Waals surface area contributed by atoms with E-state index in [0.717, 1.165) is 0 Å². The minimum absolute atomic E-state index is 0.00583. The summed E-state index contributed by atoms with van der Waals surface area (Å²) in [5.74, 6) is -1.10. The van der Waals surface area contributed by atoms with Crippen molar-refractivity contribution in [2.24, 2.45) is 4.99 Å². The summed E-state index contributed by atoms with van der Waals surface area (Å²) in [4.78, 5) is 28.7. The van der Waals surface area contributed by atoms with Crippen molar-refractivity contribution in [1.82, 2.24) is 4.90 Å². The van der Waals surface area contributed by atoms with Gasteiger partial charge < -0.3 is 5.11 Å². The number of amidine groups is 1. The van der Waals surface area contributed by atoms with E-state index in [4.69, 9.17) is 5.11 Å². The maximum atomic E-state index is 12.0. The maximum absolute atomic E-state index is 12.0. The molecule has 5 nitrogen and oxygen atoms in total. The number of carbonyl (C=O) groups excluding carboxylic acids is 1. The first kappa shape index (κ1) is 14.0. The van der Waals surface area contributed by atoms with Crippen LogP contribution in [-0.2, 0) is 9.59 Å². The Balaban J connectivity index is 2.93. The molecule has 0 bridgehead atoms. The number of hydrogen-bond acceptors (Lipinski definition) is 4. The highest BCUT2D eigenvalue weighted by atomic mass is 32.2. The number of carboxylic acid groups (broad SMARTS) is 1. The van der Waals surface area contributed by atoms with E-state index in [1.165, 1.54) is 11.8 Å². The van der Waals surface area contributed by atoms with Gasteiger partial charge in [0.05, 0.1) is 6.42 Å². The van der Waals surface area contributed by atoms with Crippen molar-refractivity contribution in [2.45, 2.75) is 51.4 Å². The number of aliphatic carboxylic acids is 1. The number of carbonyl (C=O) groups is 2. The topological polar surface area (TPSA) is 70.0 Å². The van der Waals surface area contributed by atoms with Crippen molar-refractivity contribution in [1.29, 1.82) is 0 Å². The van der Waals surface area contributed by atoms with Crippen molar-refractivity contribution >= 4 is 28.8 Å². The summed E-state index contributed by atoms with van der Waals surface area (Å²) in [6, 6.07) is 0.0985. The molecule has 1 rings (SSSR count). The fraction of sp³-hybridized carbons (Fsp3) is 0.727. The van der Waals surface area contributed by atoms with Crippen LogP contribution >= 0.6 is 11.8 Å². The smallest absolute Gasteiger partial charge is 0.305 e. The van der Waals surface area contributed by atoms with Crippen molar-refractivity contribution in [3.8, 4) is 0 Å². The third-order valence-corrected chi connectivity index (χ3v) is 3.38. The van der Waals surface area contributed by atoms with Crippen LogP contribution < -0.4 is 0 Å². The molecule has 0 spiro atoms. The van der Waals surface area contributed by atoms with E-state index in [9.17, 15) is 9.59 Å². The Morgan fingerprint density at radius 2 is 2.06 bits per heavy atom. The quantitative estimate of drug-likeness (QED) is 0.831. The van der Waals surface area contributed by atoms with Gasteiger partial charge in [-0.2, -0.15) is 0 Å². The van der Waals surface area contributed by atoms with E-state index in [1.807, 2.05) is 27.7 Å². The largest absolute Gasteiger partial charge is 0.481 e. The van der Waals surface area contributed by atoms with Gasteiger partial charge in [-0.05, 0) is 27.7 Å². The van der Waals surface area contributed by atoms with Crippen LogP contribution in [0.3, 0.4) is 0 Å². The lowest BCUT2D eigenvalue weighted by molar-refractivity contribution is -0.139. The van der Waals surface area contributed by atoms with Gasteiger partial charge in [-0.1, -0.05) is 11.8 Å². The molecule has 17 heavy (non-hydrogen) atoms. The van der Waals surface area contributed by atoms with E-state index in [1.54, 1.807) is 4.90 Å². The predicted molar refractivity (Wildman–Crippen MR) is 68.2 cm³/mol. The van der Waals surface area contributed by atoms with Gasteiger partial charge >= 0.3 is 5.97 Å². The summed E-state index contributed by atoms with van der Waals surface area (Å²) in [6.45, 7) is 7.66. The molecule has 6 heteroatoms. The number of amides is 1. The summed E-state index contributed by atoms with van der Waals surface area (Å²) in [5, 5.41) is 8.87. The normalized spacial score (nSPS) is 23.2. The number of thioether (sulfide) groups is 1. The molecule has 0 aromatic carbocycles. The van der Waals surface area contributed by atoms with Gasteiger partial charge in [-0.25, -0.2) is 0 Å². The third kappa shape index (κ3) is 3.46. The van der Waals surface area contributed by atoms with Crippen LogP contribution in [0.5, 0.6) is 0 Å². The highest BCUT2D eigenvalue weighted by Crippen LogP contribution is 2.31. The molecule has 1 saturated heterocycles. The van der Waals surface area contributed by atoms with Crippen LogP contribution in [0.1, 0.15) is 34.1 Å². The van der Waals surface area contributed by atoms with E-state index in [0.29, 0.717) is 5.17 Å². The Hall–Kier alpha value is -1.04. The van der Waals surface area contributed by atoms with E-state index >= 15 is 0 Å². The first-order valence-electron chi connectivity index (χ1n) is 5.62. The Labute approximate surface area is 105 Å². The lowest BCUT2D eigenvalue weighted by Crippen LogP contribution is -2.38. The van der Waals surface area contributed by atoms with Crippen LogP contribution in [0.15, 0.2) is 4.99 Å². The Kier molecular flexibility index (Phi) is 4.56. The first-order valence-corrected chi connectivity index (χ1v) is 6.50. The zero-order chi connectivity index (χ0) is 13.2. The van der Waals surface area contributed by atoms with Crippen LogP contribution in [0, 0.1) is 0 Å². The lowest BCUT2D eigenvalue weighted by Gasteiger charge is -2.21. The summed E-state index contributed by atoms with van der Waals surface area (Å²) >= 11 is 1.26. The molecule has 1 aliphatic heterocycles. The lowest BCUT2D eigenvalue weighted by atomic mass is 10.2. The monoisotopic (exact) mass is 258 g/mol. The molecule has 96 valence electrons. The molecule has 1 N–H and O–H groups in total. The number of carboxylic acids is 1. The molecule has 1 amide bonds. The van der Waals surface area contributed by atoms with Gasteiger partial charge in [0.25, 0.3) is 0 Å². The molecule has 1 atom stereocenters. The molecule has 1 fully saturated rings. The van der Waals surface area contributed by atoms with Crippen LogP contribution in [0.2, 0.25) is 0 Å². The molecule has 1 aliphatic rings. The minimum atomic E-state index is -0.953. The van der Waals surface area contributed by atoms with E-state index < -0.39 is 11.2 Å². The molecule has 0 radical (unpaired) electrons. The average molecular weight is 258 g/mol. The molecular weight excluding hydrogens is 240 g/mol. The van der Waals surface area contributed by atoms with E-state index in [-0.39, 0.29) is 24.4 Å². The van der Waals surface area contributed by atoms with Gasteiger partial charge in [0.2, 0.25) is 5.91 Å². The number of nitrogens with zero attached hydrogens (tertiary/aromatic N) is 2. The second-order valence-electron chi connectivity index (χ2n) is 4.51. The standard InChI is InChI=1S/C11H18N2O3S/c1-6(2)12-11-13(7(3)4)10(16)8(17-11)5-9(14)15/h6-8H,5H2,1-4H3,(H,14,15). The fourth-order valence-electron chi connectivity index (χ4n) is 1.56. The molecule has 0 saturated carbocycles. The Morgan fingerprint density at radius 3 is 2.47 bits per heavy atom. The molecule has 1 unspecified atom stereocenters. The third-order valence-electron chi connectivity index (χ3n) is 2.21. The summed E-state index contributed by atoms with van der Waals surface area (Å²) in [6.07, 6.45) is -0.149. The predicted octanol–water partition coefficient (Wildman–Crippen LogP) is 1.58. The minimum Gasteiger partial charge on any atom is -0.481 e. The molecular formula is C11H18N2O3S. The van der Waals surface area contributed by atoms with Gasteiger partial charge in [0, 0.05) is 12.1 Å². The van der Waals surface area contributed by atoms with Crippen LogP contribution in [0.4, 0.5) is 0 Å². The SMILES string of the molecule is CC(C)N=C1SC(CC(=O)O)C(=O)N1C(C)C. The highest BCUT2D eigenvalue weighted by molar-refractivity contribution is 8.15. The van der Waals surface area contributed by atoms with Crippen molar-refractivity contribution < 1.29 is 14.7 Å². The van der Waals surface area contributed by atoms with Crippen molar-refractivity contribution in [3.05, 3.63) is 0 Å². The van der Waals surface area contributed by atoms with Gasteiger partial charge in [0.15, 0.2) is 5.17 Å². The fourth-order valence-corrected chi connectivity index (χ4v) is 2.94. The second-order valence-corrected chi connectivity index (χ2v) is 5.68. The molecule has 0 aliphatic carbocycles. The molecule has 1 heterocycles. The first-order chi connectivity index (χ1) is 7.82. The Morgan fingerprint density at radius 1 is 1.47 bits per heavy atom. The zero-order valence-corrected chi connectivity index (χ0v) is 11.3. The number of hydrogen-bond donors (Lipinski definition) is 1. The number of rotatable bonds is 4. The molecule has 0 aromatic rings. The van der Waals surface area contributed by atoms with Gasteiger partial charge in [-0.15, -0.1) is 0 Å². The summed E-state index contributed by atoms with van der Waals surface area (Å²) < 4.78 is 0. The summed E-state index contributed by atoms with van der Waals surface area (Å²) in [5.41, 5.74) is 0. The molecule has 0 aromatic heterocycles. The second kappa shape index (κ2) is 5.53. The van der Waals surface area contributed by atoms with E-state index in [2.05, 4.69) is 4.99 Å². The number of aliphatic imine (C=N–C) groups is 1.